The minimum Gasteiger partial charge on any atom is -0.369 e. The van der Waals surface area contributed by atoms with Crippen molar-refractivity contribution in [1.29, 1.82) is 0 Å². The summed E-state index contributed by atoms with van der Waals surface area (Å²) in [5, 5.41) is 4.80. The second-order valence-corrected chi connectivity index (χ2v) is 7.22. The molecule has 2 aromatic rings. The monoisotopic (exact) mass is 374 g/mol. The van der Waals surface area contributed by atoms with E-state index in [0.29, 0.717) is 48.9 Å². The number of carbonyl (C=O) groups is 2. The van der Waals surface area contributed by atoms with E-state index in [1.54, 1.807) is 16.5 Å². The Balaban J connectivity index is 1.76. The van der Waals surface area contributed by atoms with Crippen LogP contribution in [0.25, 0.3) is 0 Å². The van der Waals surface area contributed by atoms with Gasteiger partial charge in [0.2, 0.25) is 5.91 Å². The molecule has 1 aromatic heterocycles. The van der Waals surface area contributed by atoms with Crippen molar-refractivity contribution in [3.05, 3.63) is 51.8 Å². The number of amides is 2. The number of nitrogens with two attached hydrogens (primary N) is 1. The standard InChI is InChI=1S/C19H23ClN4O2/c1-12-3-5-14(6-4-12)11-24-17(20)16(13(2)22-24)19(26)23-9-7-15(8-10-23)18(21)25/h3-6,15H,7-11H2,1-2H3,(H2,21,25). The van der Waals surface area contributed by atoms with Gasteiger partial charge >= 0.3 is 0 Å². The lowest BCUT2D eigenvalue weighted by Gasteiger charge is -2.30. The first kappa shape index (κ1) is 18.5. The normalized spacial score (nSPS) is 15.3. The minimum absolute atomic E-state index is 0.134. The fourth-order valence-electron chi connectivity index (χ4n) is 3.29. The highest BCUT2D eigenvalue weighted by Gasteiger charge is 2.30. The summed E-state index contributed by atoms with van der Waals surface area (Å²) in [5.74, 6) is -0.581. The van der Waals surface area contributed by atoms with Gasteiger partial charge in [-0.1, -0.05) is 41.4 Å². The van der Waals surface area contributed by atoms with Crippen molar-refractivity contribution < 1.29 is 9.59 Å². The molecule has 1 saturated heterocycles. The molecular weight excluding hydrogens is 352 g/mol. The summed E-state index contributed by atoms with van der Waals surface area (Å²) in [4.78, 5) is 25.9. The number of aromatic nitrogens is 2. The summed E-state index contributed by atoms with van der Waals surface area (Å²) in [7, 11) is 0. The molecule has 0 atom stereocenters. The van der Waals surface area contributed by atoms with Crippen molar-refractivity contribution in [3.63, 3.8) is 0 Å². The van der Waals surface area contributed by atoms with Crippen molar-refractivity contribution in [2.24, 2.45) is 11.7 Å². The smallest absolute Gasteiger partial charge is 0.258 e. The lowest BCUT2D eigenvalue weighted by atomic mass is 9.96. The summed E-state index contributed by atoms with van der Waals surface area (Å²) in [5.41, 5.74) is 8.67. The van der Waals surface area contributed by atoms with Crippen LogP contribution in [0.3, 0.4) is 0 Å². The Bertz CT molecular complexity index is 821. The topological polar surface area (TPSA) is 81.2 Å². The number of rotatable bonds is 4. The third kappa shape index (κ3) is 3.75. The van der Waals surface area contributed by atoms with E-state index in [1.165, 1.54) is 5.56 Å². The molecule has 0 unspecified atom stereocenters. The SMILES string of the molecule is Cc1ccc(Cn2nc(C)c(C(=O)N3CCC(C(N)=O)CC3)c2Cl)cc1. The Labute approximate surface area is 157 Å². The van der Waals surface area contributed by atoms with Crippen LogP contribution in [0, 0.1) is 19.8 Å². The van der Waals surface area contributed by atoms with Crippen LogP contribution in [0.15, 0.2) is 24.3 Å². The number of benzene rings is 1. The Morgan fingerprint density at radius 2 is 1.81 bits per heavy atom. The molecule has 0 aliphatic carbocycles. The highest BCUT2D eigenvalue weighted by molar-refractivity contribution is 6.33. The highest BCUT2D eigenvalue weighted by atomic mass is 35.5. The molecule has 0 bridgehead atoms. The van der Waals surface area contributed by atoms with Gasteiger partial charge in [0.05, 0.1) is 17.8 Å². The largest absolute Gasteiger partial charge is 0.369 e. The molecule has 1 fully saturated rings. The average molecular weight is 375 g/mol. The van der Waals surface area contributed by atoms with Crippen LogP contribution in [0.5, 0.6) is 0 Å². The first-order valence-corrected chi connectivity index (χ1v) is 9.11. The molecule has 0 spiro atoms. The predicted octanol–water partition coefficient (Wildman–Crippen LogP) is 2.54. The van der Waals surface area contributed by atoms with E-state index in [2.05, 4.69) is 5.10 Å². The number of carbonyl (C=O) groups excluding carboxylic acids is 2. The van der Waals surface area contributed by atoms with Crippen molar-refractivity contribution in [1.82, 2.24) is 14.7 Å². The summed E-state index contributed by atoms with van der Waals surface area (Å²) in [6, 6.07) is 8.13. The zero-order valence-corrected chi connectivity index (χ0v) is 15.8. The minimum atomic E-state index is -0.294. The van der Waals surface area contributed by atoms with Crippen LogP contribution in [0.1, 0.15) is 40.0 Å². The molecule has 3 rings (SSSR count). The average Bonchev–Trinajstić information content (AvgIpc) is 2.90. The van der Waals surface area contributed by atoms with E-state index < -0.39 is 0 Å². The van der Waals surface area contributed by atoms with Crippen molar-refractivity contribution >= 4 is 23.4 Å². The van der Waals surface area contributed by atoms with Crippen LogP contribution < -0.4 is 5.73 Å². The summed E-state index contributed by atoms with van der Waals surface area (Å²) in [6.07, 6.45) is 1.19. The van der Waals surface area contributed by atoms with Gasteiger partial charge in [-0.2, -0.15) is 5.10 Å². The van der Waals surface area contributed by atoms with Gasteiger partial charge in [0, 0.05) is 19.0 Å². The molecule has 2 heterocycles. The van der Waals surface area contributed by atoms with Crippen LogP contribution >= 0.6 is 11.6 Å². The van der Waals surface area contributed by atoms with Crippen molar-refractivity contribution in [3.8, 4) is 0 Å². The van der Waals surface area contributed by atoms with E-state index in [0.717, 1.165) is 5.56 Å². The highest BCUT2D eigenvalue weighted by Crippen LogP contribution is 2.25. The van der Waals surface area contributed by atoms with E-state index >= 15 is 0 Å². The maximum absolute atomic E-state index is 12.9. The van der Waals surface area contributed by atoms with E-state index in [4.69, 9.17) is 17.3 Å². The maximum Gasteiger partial charge on any atom is 0.258 e. The Hall–Kier alpha value is -2.34. The Morgan fingerprint density at radius 3 is 2.38 bits per heavy atom. The maximum atomic E-state index is 12.9. The van der Waals surface area contributed by atoms with Gasteiger partial charge in [-0.05, 0) is 32.3 Å². The number of likely N-dealkylation sites (tertiary alicyclic amines) is 1. The molecular formula is C19H23ClN4O2. The van der Waals surface area contributed by atoms with Crippen molar-refractivity contribution in [2.45, 2.75) is 33.2 Å². The van der Waals surface area contributed by atoms with Gasteiger partial charge in [-0.25, -0.2) is 4.68 Å². The molecule has 6 nitrogen and oxygen atoms in total. The van der Waals surface area contributed by atoms with Gasteiger partial charge in [0.15, 0.2) is 0 Å². The third-order valence-electron chi connectivity index (χ3n) is 4.92. The molecule has 2 N–H and O–H groups in total. The third-order valence-corrected chi connectivity index (χ3v) is 5.30. The lowest BCUT2D eigenvalue weighted by molar-refractivity contribution is -0.123. The lowest BCUT2D eigenvalue weighted by Crippen LogP contribution is -2.41. The molecule has 2 amide bonds. The second kappa shape index (κ2) is 7.50. The van der Waals surface area contributed by atoms with Crippen LogP contribution in [0.2, 0.25) is 5.15 Å². The fraction of sp³-hybridized carbons (Fsp3) is 0.421. The van der Waals surface area contributed by atoms with Gasteiger partial charge < -0.3 is 10.6 Å². The second-order valence-electron chi connectivity index (χ2n) is 6.86. The zero-order valence-electron chi connectivity index (χ0n) is 15.0. The molecule has 0 saturated carbocycles. The summed E-state index contributed by atoms with van der Waals surface area (Å²) >= 11 is 6.48. The molecule has 0 radical (unpaired) electrons. The van der Waals surface area contributed by atoms with Gasteiger partial charge in [-0.15, -0.1) is 0 Å². The van der Waals surface area contributed by atoms with E-state index in [-0.39, 0.29) is 17.7 Å². The van der Waals surface area contributed by atoms with E-state index in [9.17, 15) is 9.59 Å². The number of aryl methyl sites for hydroxylation is 2. The van der Waals surface area contributed by atoms with Crippen molar-refractivity contribution in [2.75, 3.05) is 13.1 Å². The summed E-state index contributed by atoms with van der Waals surface area (Å²) < 4.78 is 1.66. The Kier molecular flexibility index (Phi) is 5.32. The number of nitrogens with zero attached hydrogens (tertiary/aromatic N) is 3. The first-order chi connectivity index (χ1) is 12.4. The number of halogens is 1. The molecule has 26 heavy (non-hydrogen) atoms. The number of primary amides is 1. The fourth-order valence-corrected chi connectivity index (χ4v) is 3.61. The van der Waals surface area contributed by atoms with Crippen LogP contribution in [-0.4, -0.2) is 39.6 Å². The van der Waals surface area contributed by atoms with Crippen LogP contribution in [0.4, 0.5) is 0 Å². The number of hydrogen-bond donors (Lipinski definition) is 1. The number of piperidine rings is 1. The Morgan fingerprint density at radius 1 is 1.19 bits per heavy atom. The number of hydrogen-bond acceptors (Lipinski definition) is 3. The quantitative estimate of drug-likeness (QED) is 0.892. The molecule has 138 valence electrons. The van der Waals surface area contributed by atoms with Gasteiger partial charge in [-0.3, -0.25) is 9.59 Å². The first-order valence-electron chi connectivity index (χ1n) is 8.74. The molecule has 1 aromatic carbocycles. The van der Waals surface area contributed by atoms with Gasteiger partial charge in [0.25, 0.3) is 5.91 Å². The molecule has 7 heteroatoms. The van der Waals surface area contributed by atoms with E-state index in [1.807, 2.05) is 31.2 Å². The zero-order chi connectivity index (χ0) is 18.8. The molecule has 1 aliphatic heterocycles. The van der Waals surface area contributed by atoms with Gasteiger partial charge in [0.1, 0.15) is 5.15 Å². The summed E-state index contributed by atoms with van der Waals surface area (Å²) in [6.45, 7) is 5.35. The molecule has 1 aliphatic rings. The van der Waals surface area contributed by atoms with Crippen LogP contribution in [-0.2, 0) is 11.3 Å². The predicted molar refractivity (Wildman–Crippen MR) is 100 cm³/mol.